The van der Waals surface area contributed by atoms with E-state index in [1.807, 2.05) is 43.3 Å². The van der Waals surface area contributed by atoms with Crippen molar-refractivity contribution in [2.75, 3.05) is 59.1 Å². The molecular formula is C35H45BN4O9. The van der Waals surface area contributed by atoms with Crippen LogP contribution in [0.25, 0.3) is 21.9 Å². The fourth-order valence-corrected chi connectivity index (χ4v) is 4.89. The van der Waals surface area contributed by atoms with Gasteiger partial charge in [0.1, 0.15) is 29.5 Å². The van der Waals surface area contributed by atoms with E-state index < -0.39 is 18.8 Å². The van der Waals surface area contributed by atoms with Crippen molar-refractivity contribution in [3.8, 4) is 28.4 Å². The molecule has 14 heteroatoms. The maximum atomic E-state index is 11.7. The highest BCUT2D eigenvalue weighted by Gasteiger charge is 2.18. The van der Waals surface area contributed by atoms with Crippen LogP contribution in [0.3, 0.4) is 0 Å². The summed E-state index contributed by atoms with van der Waals surface area (Å²) in [6.07, 6.45) is -0.484. The summed E-state index contributed by atoms with van der Waals surface area (Å²) in [6.45, 7) is 9.69. The zero-order chi connectivity index (χ0) is 35.4. The number of benzene rings is 3. The third kappa shape index (κ3) is 10.9. The van der Waals surface area contributed by atoms with Crippen molar-refractivity contribution < 1.29 is 43.3 Å². The van der Waals surface area contributed by atoms with Crippen LogP contribution in [-0.2, 0) is 20.8 Å². The highest BCUT2D eigenvalue weighted by Crippen LogP contribution is 2.34. The molecule has 0 aliphatic carbocycles. The van der Waals surface area contributed by atoms with Crippen molar-refractivity contribution in [2.24, 2.45) is 0 Å². The summed E-state index contributed by atoms with van der Waals surface area (Å²) in [4.78, 5) is 11.7. The number of amides is 1. The zero-order valence-corrected chi connectivity index (χ0v) is 28.9. The van der Waals surface area contributed by atoms with Crippen molar-refractivity contribution in [2.45, 2.75) is 39.8 Å². The lowest BCUT2D eigenvalue weighted by atomic mass is 9.79. The van der Waals surface area contributed by atoms with Crippen molar-refractivity contribution in [1.82, 2.24) is 15.5 Å². The van der Waals surface area contributed by atoms with E-state index >= 15 is 0 Å². The SMILES string of the molecule is COc1ccc(CNc2nnc(C)c3cc(-c4cc(B(O)O)ccc4OCCOCCOCCNC(=O)OC(C)(C)C)ccc23)c(OC)c1. The average molecular weight is 677 g/mol. The summed E-state index contributed by atoms with van der Waals surface area (Å²) in [5, 5.41) is 36.4. The summed E-state index contributed by atoms with van der Waals surface area (Å²) in [7, 11) is 1.58. The van der Waals surface area contributed by atoms with Gasteiger partial charge in [-0.3, -0.25) is 0 Å². The van der Waals surface area contributed by atoms with Gasteiger partial charge in [-0.2, -0.15) is 5.10 Å². The van der Waals surface area contributed by atoms with Crippen LogP contribution in [0, 0.1) is 6.92 Å². The van der Waals surface area contributed by atoms with E-state index in [0.717, 1.165) is 27.6 Å². The first-order valence-corrected chi connectivity index (χ1v) is 16.0. The van der Waals surface area contributed by atoms with Gasteiger partial charge in [0.05, 0.1) is 46.3 Å². The molecule has 0 aliphatic heterocycles. The second-order valence-electron chi connectivity index (χ2n) is 12.1. The lowest BCUT2D eigenvalue weighted by Crippen LogP contribution is -2.34. The van der Waals surface area contributed by atoms with Gasteiger partial charge in [-0.1, -0.05) is 18.2 Å². The Morgan fingerprint density at radius 2 is 1.59 bits per heavy atom. The molecule has 262 valence electrons. The lowest BCUT2D eigenvalue weighted by Gasteiger charge is -2.19. The maximum Gasteiger partial charge on any atom is 0.488 e. The molecule has 0 unspecified atom stereocenters. The minimum Gasteiger partial charge on any atom is -0.497 e. The summed E-state index contributed by atoms with van der Waals surface area (Å²) in [5.41, 5.74) is 2.93. The standard InChI is InChI=1S/C35H45BN4O9/c1-23-29-19-24(8-11-28(29)33(40-39-23)38-22-25-7-10-27(44-5)21-32(25)45-6)30-20-26(36(42)43)9-12-31(30)48-18-17-47-16-15-46-14-13-37-34(41)49-35(2,3)4/h7-12,19-21,42-43H,13-18,22H2,1-6H3,(H,37,41)(H,38,40). The van der Waals surface area contributed by atoms with Crippen LogP contribution >= 0.6 is 0 Å². The number of alkyl carbamates (subject to hydrolysis) is 1. The molecule has 0 fully saturated rings. The van der Waals surface area contributed by atoms with Gasteiger partial charge in [-0.25, -0.2) is 4.79 Å². The van der Waals surface area contributed by atoms with Gasteiger partial charge in [-0.15, -0.1) is 5.10 Å². The normalized spacial score (nSPS) is 11.3. The number of rotatable bonds is 17. The number of carbonyl (C=O) groups excluding carboxylic acids is 1. The van der Waals surface area contributed by atoms with Gasteiger partial charge >= 0.3 is 13.2 Å². The average Bonchev–Trinajstić information content (AvgIpc) is 3.07. The smallest absolute Gasteiger partial charge is 0.488 e. The van der Waals surface area contributed by atoms with Crippen molar-refractivity contribution in [3.63, 3.8) is 0 Å². The van der Waals surface area contributed by atoms with E-state index in [-0.39, 0.29) is 6.61 Å². The molecule has 0 saturated carbocycles. The molecule has 1 amide bonds. The number of hydrogen-bond donors (Lipinski definition) is 4. The van der Waals surface area contributed by atoms with E-state index in [0.29, 0.717) is 73.6 Å². The highest BCUT2D eigenvalue weighted by atomic mass is 16.6. The van der Waals surface area contributed by atoms with E-state index in [9.17, 15) is 14.8 Å². The van der Waals surface area contributed by atoms with Gasteiger partial charge in [0.15, 0.2) is 5.82 Å². The van der Waals surface area contributed by atoms with Gasteiger partial charge < -0.3 is 49.1 Å². The van der Waals surface area contributed by atoms with Crippen LogP contribution in [0.2, 0.25) is 0 Å². The minimum absolute atomic E-state index is 0.259. The molecule has 0 radical (unpaired) electrons. The predicted octanol–water partition coefficient (Wildman–Crippen LogP) is 3.85. The third-order valence-electron chi connectivity index (χ3n) is 7.29. The number of methoxy groups -OCH3 is 2. The quantitative estimate of drug-likeness (QED) is 0.0946. The Bertz CT molecular complexity index is 1700. The third-order valence-corrected chi connectivity index (χ3v) is 7.29. The van der Waals surface area contributed by atoms with Crippen LogP contribution in [0.4, 0.5) is 10.6 Å². The number of nitrogens with one attached hydrogen (secondary N) is 2. The first kappa shape index (κ1) is 37.2. The molecule has 49 heavy (non-hydrogen) atoms. The number of fused-ring (bicyclic) bond motifs is 1. The molecule has 0 aliphatic rings. The van der Waals surface area contributed by atoms with Gasteiger partial charge in [0.25, 0.3) is 0 Å². The van der Waals surface area contributed by atoms with Crippen LogP contribution < -0.4 is 30.3 Å². The molecule has 0 saturated heterocycles. The number of hydrogen-bond acceptors (Lipinski definition) is 12. The van der Waals surface area contributed by atoms with E-state index in [4.69, 9.17) is 28.4 Å². The van der Waals surface area contributed by atoms with Crippen molar-refractivity contribution in [3.05, 3.63) is 65.9 Å². The van der Waals surface area contributed by atoms with E-state index in [1.54, 1.807) is 53.2 Å². The van der Waals surface area contributed by atoms with Gasteiger partial charge in [-0.05, 0) is 69.1 Å². The summed E-state index contributed by atoms with van der Waals surface area (Å²) < 4.78 is 33.2. The first-order chi connectivity index (χ1) is 23.5. The van der Waals surface area contributed by atoms with Gasteiger partial charge in [0.2, 0.25) is 0 Å². The van der Waals surface area contributed by atoms with Crippen LogP contribution in [0.5, 0.6) is 17.2 Å². The number of aryl methyl sites for hydroxylation is 1. The van der Waals surface area contributed by atoms with Crippen molar-refractivity contribution >= 4 is 35.3 Å². The molecular weight excluding hydrogens is 631 g/mol. The Hall–Kier alpha value is -4.63. The Kier molecular flexibility index (Phi) is 13.4. The molecule has 0 spiro atoms. The molecule has 0 bridgehead atoms. The number of carbonyl (C=O) groups is 1. The summed E-state index contributed by atoms with van der Waals surface area (Å²) in [6, 6.07) is 16.5. The summed E-state index contributed by atoms with van der Waals surface area (Å²) >= 11 is 0. The van der Waals surface area contributed by atoms with E-state index in [2.05, 4.69) is 20.8 Å². The number of aromatic nitrogens is 2. The minimum atomic E-state index is -1.64. The highest BCUT2D eigenvalue weighted by molar-refractivity contribution is 6.58. The molecule has 1 aromatic heterocycles. The van der Waals surface area contributed by atoms with Crippen LogP contribution in [0.1, 0.15) is 32.0 Å². The largest absolute Gasteiger partial charge is 0.497 e. The molecule has 0 atom stereocenters. The van der Waals surface area contributed by atoms with Crippen molar-refractivity contribution in [1.29, 1.82) is 0 Å². The van der Waals surface area contributed by atoms with E-state index in [1.165, 1.54) is 0 Å². The Morgan fingerprint density at radius 3 is 2.31 bits per heavy atom. The molecule has 13 nitrogen and oxygen atoms in total. The topological polar surface area (TPSA) is 163 Å². The summed E-state index contributed by atoms with van der Waals surface area (Å²) in [5.74, 6) is 2.57. The second kappa shape index (κ2) is 17.7. The maximum absolute atomic E-state index is 11.7. The number of anilines is 1. The molecule has 4 rings (SSSR count). The van der Waals surface area contributed by atoms with Gasteiger partial charge in [0, 0.05) is 41.1 Å². The Labute approximate surface area is 287 Å². The zero-order valence-electron chi connectivity index (χ0n) is 28.9. The fraction of sp³-hybridized carbons (Fsp3) is 0.400. The monoisotopic (exact) mass is 676 g/mol. The Balaban J connectivity index is 1.38. The molecule has 4 aromatic rings. The van der Waals surface area contributed by atoms with Crippen LogP contribution in [0.15, 0.2) is 54.6 Å². The molecule has 1 heterocycles. The Morgan fingerprint density at radius 1 is 0.837 bits per heavy atom. The first-order valence-electron chi connectivity index (χ1n) is 16.0. The van der Waals surface area contributed by atoms with Crippen LogP contribution in [-0.4, -0.2) is 92.9 Å². The lowest BCUT2D eigenvalue weighted by molar-refractivity contribution is 0.0328. The fourth-order valence-electron chi connectivity index (χ4n) is 4.89. The number of ether oxygens (including phenoxy) is 6. The number of nitrogens with zero attached hydrogens (tertiary/aromatic N) is 2. The molecule has 4 N–H and O–H groups in total. The predicted molar refractivity (Wildman–Crippen MR) is 188 cm³/mol. The molecule has 3 aromatic carbocycles. The second-order valence-corrected chi connectivity index (χ2v) is 12.1.